The number of fused-ring (bicyclic) bond motifs is 1. The summed E-state index contributed by atoms with van der Waals surface area (Å²) in [6.07, 6.45) is 7.62. The van der Waals surface area contributed by atoms with Crippen LogP contribution in [0.5, 0.6) is 0 Å². The highest BCUT2D eigenvalue weighted by Gasteiger charge is 2.32. The lowest BCUT2D eigenvalue weighted by atomic mass is 9.80. The van der Waals surface area contributed by atoms with Crippen molar-refractivity contribution in [3.63, 3.8) is 0 Å². The van der Waals surface area contributed by atoms with Crippen LogP contribution in [-0.4, -0.2) is 29.7 Å². The van der Waals surface area contributed by atoms with Crippen LogP contribution in [-0.2, 0) is 13.0 Å². The molecule has 1 amide bonds. The molecule has 0 radical (unpaired) electrons. The molecule has 4 nitrogen and oxygen atoms in total. The Kier molecular flexibility index (Phi) is 5.01. The molecule has 24 heavy (non-hydrogen) atoms. The molecule has 0 saturated heterocycles. The molecule has 0 aromatic heterocycles. The lowest BCUT2D eigenvalue weighted by Gasteiger charge is -2.34. The molecule has 0 bridgehead atoms. The molecule has 0 spiro atoms. The summed E-state index contributed by atoms with van der Waals surface area (Å²) in [5.74, 6) is -0.570. The highest BCUT2D eigenvalue weighted by molar-refractivity contribution is 5.96. The van der Waals surface area contributed by atoms with Crippen LogP contribution in [0.2, 0.25) is 0 Å². The van der Waals surface area contributed by atoms with Gasteiger partial charge in [0.25, 0.3) is 5.91 Å². The van der Waals surface area contributed by atoms with E-state index in [4.69, 9.17) is 0 Å². The number of halogens is 1. The van der Waals surface area contributed by atoms with Gasteiger partial charge in [0.15, 0.2) is 0 Å². The molecule has 3 rings (SSSR count). The molecule has 0 saturated carbocycles. The lowest BCUT2D eigenvalue weighted by Crippen LogP contribution is -2.46. The fourth-order valence-electron chi connectivity index (χ4n) is 3.64. The average Bonchev–Trinajstić information content (AvgIpc) is 2.59. The predicted molar refractivity (Wildman–Crippen MR) is 91.2 cm³/mol. The first-order valence-corrected chi connectivity index (χ1v) is 8.65. The van der Waals surface area contributed by atoms with E-state index in [0.717, 1.165) is 36.9 Å². The molecule has 1 aromatic rings. The molecule has 1 heterocycles. The predicted octanol–water partition coefficient (Wildman–Crippen LogP) is 2.31. The summed E-state index contributed by atoms with van der Waals surface area (Å²) in [7, 11) is 0. The average molecular weight is 332 g/mol. The minimum absolute atomic E-state index is 0.133. The first kappa shape index (κ1) is 17.1. The number of amides is 1. The second kappa shape index (κ2) is 7.03. The molecule has 2 unspecified atom stereocenters. The zero-order valence-electron chi connectivity index (χ0n) is 14.1. The maximum atomic E-state index is 13.8. The molecular formula is C19H25FN2O2. The zero-order chi connectivity index (χ0) is 17.2. The molecule has 3 N–H and O–H groups in total. The molecule has 5 heteroatoms. The van der Waals surface area contributed by atoms with Crippen molar-refractivity contribution in [3.05, 3.63) is 46.8 Å². The van der Waals surface area contributed by atoms with Gasteiger partial charge in [0.2, 0.25) is 0 Å². The van der Waals surface area contributed by atoms with Gasteiger partial charge in [0.1, 0.15) is 5.82 Å². The van der Waals surface area contributed by atoms with Crippen LogP contribution in [0.4, 0.5) is 4.39 Å². The second-order valence-electron chi connectivity index (χ2n) is 7.04. The number of allylic oxidation sites excluding steroid dienone is 2. The maximum Gasteiger partial charge on any atom is 0.251 e. The van der Waals surface area contributed by atoms with Crippen molar-refractivity contribution in [1.82, 2.24) is 10.6 Å². The van der Waals surface area contributed by atoms with E-state index in [2.05, 4.69) is 22.8 Å². The Bertz CT molecular complexity index is 655. The molecule has 2 aliphatic rings. The topological polar surface area (TPSA) is 61.4 Å². The summed E-state index contributed by atoms with van der Waals surface area (Å²) in [6, 6.07) is 2.79. The quantitative estimate of drug-likeness (QED) is 0.742. The van der Waals surface area contributed by atoms with Crippen LogP contribution in [0.25, 0.3) is 0 Å². The number of benzene rings is 1. The van der Waals surface area contributed by atoms with Crippen molar-refractivity contribution in [2.45, 2.75) is 44.8 Å². The van der Waals surface area contributed by atoms with Gasteiger partial charge in [-0.2, -0.15) is 0 Å². The summed E-state index contributed by atoms with van der Waals surface area (Å²) < 4.78 is 13.8. The van der Waals surface area contributed by atoms with Gasteiger partial charge < -0.3 is 15.7 Å². The Hall–Kier alpha value is -1.72. The van der Waals surface area contributed by atoms with Crippen molar-refractivity contribution in [1.29, 1.82) is 0 Å². The molecule has 1 aliphatic carbocycles. The minimum atomic E-state index is -0.963. The Morgan fingerprint density at radius 3 is 3.04 bits per heavy atom. The van der Waals surface area contributed by atoms with Crippen LogP contribution in [0.3, 0.4) is 0 Å². The number of aliphatic hydroxyl groups is 1. The van der Waals surface area contributed by atoms with Crippen molar-refractivity contribution in [2.24, 2.45) is 5.92 Å². The first-order valence-electron chi connectivity index (χ1n) is 8.65. The number of nitrogens with one attached hydrogen (secondary N) is 2. The van der Waals surface area contributed by atoms with Gasteiger partial charge >= 0.3 is 0 Å². The van der Waals surface area contributed by atoms with E-state index in [1.807, 2.05) is 0 Å². The van der Waals surface area contributed by atoms with E-state index in [0.29, 0.717) is 18.5 Å². The number of carbonyl (C=O) groups is 1. The van der Waals surface area contributed by atoms with Gasteiger partial charge in [0.05, 0.1) is 5.60 Å². The SMILES string of the molecule is CC(O)(CNC(=O)c1cc(F)cc2c1CCNC2)C1CC=CCC1. The zero-order valence-corrected chi connectivity index (χ0v) is 14.1. The second-order valence-corrected chi connectivity index (χ2v) is 7.04. The Morgan fingerprint density at radius 1 is 1.46 bits per heavy atom. The number of carbonyl (C=O) groups excluding carboxylic acids is 1. The van der Waals surface area contributed by atoms with Crippen molar-refractivity contribution < 1.29 is 14.3 Å². The normalized spacial score (nSPS) is 22.5. The summed E-state index contributed by atoms with van der Waals surface area (Å²) >= 11 is 0. The molecular weight excluding hydrogens is 307 g/mol. The van der Waals surface area contributed by atoms with Crippen LogP contribution >= 0.6 is 0 Å². The highest BCUT2D eigenvalue weighted by atomic mass is 19.1. The summed E-state index contributed by atoms with van der Waals surface area (Å²) in [5.41, 5.74) is 1.18. The van der Waals surface area contributed by atoms with E-state index < -0.39 is 11.4 Å². The van der Waals surface area contributed by atoms with Gasteiger partial charge in [-0.15, -0.1) is 0 Å². The standard InChI is InChI=1S/C19H25FN2O2/c1-19(24,14-5-3-2-4-6-14)12-22-18(23)17-10-15(20)9-13-11-21-8-7-16(13)17/h2-3,9-10,14,21,24H,4-8,11-12H2,1H3,(H,22,23). The molecule has 1 aromatic carbocycles. The minimum Gasteiger partial charge on any atom is -0.388 e. The number of hydrogen-bond donors (Lipinski definition) is 3. The van der Waals surface area contributed by atoms with Crippen LogP contribution in [0.15, 0.2) is 24.3 Å². The van der Waals surface area contributed by atoms with Gasteiger partial charge in [-0.1, -0.05) is 12.2 Å². The van der Waals surface area contributed by atoms with Crippen molar-refractivity contribution in [3.8, 4) is 0 Å². The fraction of sp³-hybridized carbons (Fsp3) is 0.526. The molecule has 130 valence electrons. The third-order valence-corrected chi connectivity index (χ3v) is 5.17. The fourth-order valence-corrected chi connectivity index (χ4v) is 3.64. The van der Waals surface area contributed by atoms with Crippen LogP contribution in [0, 0.1) is 11.7 Å². The van der Waals surface area contributed by atoms with Gasteiger partial charge in [-0.05, 0) is 68.3 Å². The van der Waals surface area contributed by atoms with Crippen molar-refractivity contribution in [2.75, 3.05) is 13.1 Å². The Balaban J connectivity index is 1.71. The molecule has 0 fully saturated rings. The highest BCUT2D eigenvalue weighted by Crippen LogP contribution is 2.29. The lowest BCUT2D eigenvalue weighted by molar-refractivity contribution is -0.00328. The third-order valence-electron chi connectivity index (χ3n) is 5.17. The molecule has 1 aliphatic heterocycles. The van der Waals surface area contributed by atoms with Crippen LogP contribution in [0.1, 0.15) is 47.7 Å². The van der Waals surface area contributed by atoms with Gasteiger partial charge in [-0.25, -0.2) is 4.39 Å². The number of hydrogen-bond acceptors (Lipinski definition) is 3. The van der Waals surface area contributed by atoms with E-state index in [1.54, 1.807) is 6.92 Å². The summed E-state index contributed by atoms with van der Waals surface area (Å²) in [6.45, 7) is 3.31. The van der Waals surface area contributed by atoms with Gasteiger partial charge in [0, 0.05) is 18.7 Å². The third kappa shape index (κ3) is 3.68. The maximum absolute atomic E-state index is 13.8. The largest absolute Gasteiger partial charge is 0.388 e. The van der Waals surface area contributed by atoms with E-state index in [9.17, 15) is 14.3 Å². The van der Waals surface area contributed by atoms with E-state index >= 15 is 0 Å². The Labute approximate surface area is 142 Å². The van der Waals surface area contributed by atoms with E-state index in [-0.39, 0.29) is 18.4 Å². The van der Waals surface area contributed by atoms with Gasteiger partial charge in [-0.3, -0.25) is 4.79 Å². The van der Waals surface area contributed by atoms with Crippen molar-refractivity contribution >= 4 is 5.91 Å². The summed E-state index contributed by atoms with van der Waals surface area (Å²) in [5, 5.41) is 16.7. The smallest absolute Gasteiger partial charge is 0.251 e. The monoisotopic (exact) mass is 332 g/mol. The Morgan fingerprint density at radius 2 is 2.29 bits per heavy atom. The summed E-state index contributed by atoms with van der Waals surface area (Å²) in [4.78, 5) is 12.6. The first-order chi connectivity index (χ1) is 11.5. The van der Waals surface area contributed by atoms with Crippen LogP contribution < -0.4 is 10.6 Å². The molecule has 2 atom stereocenters. The number of rotatable bonds is 4. The van der Waals surface area contributed by atoms with E-state index in [1.165, 1.54) is 12.1 Å².